The van der Waals surface area contributed by atoms with E-state index < -0.39 is 6.10 Å². The van der Waals surface area contributed by atoms with Crippen molar-refractivity contribution in [3.8, 4) is 5.75 Å². The van der Waals surface area contributed by atoms with Gasteiger partial charge in [0, 0.05) is 13.0 Å². The Hall–Kier alpha value is -1.06. The average molecular weight is 223 g/mol. The Labute approximate surface area is 97.2 Å². The van der Waals surface area contributed by atoms with Crippen molar-refractivity contribution in [2.75, 3.05) is 13.2 Å². The molecule has 0 fully saturated rings. The molecule has 1 aromatic rings. The lowest BCUT2D eigenvalue weighted by atomic mass is 10.1. The molecule has 0 spiro atoms. The van der Waals surface area contributed by atoms with Gasteiger partial charge in [-0.2, -0.15) is 0 Å². The van der Waals surface area contributed by atoms with Gasteiger partial charge in [0.25, 0.3) is 0 Å². The summed E-state index contributed by atoms with van der Waals surface area (Å²) in [4.78, 5) is 0. The van der Waals surface area contributed by atoms with E-state index in [0.29, 0.717) is 13.0 Å². The number of nitrogens with two attached hydrogens (primary N) is 1. The molecule has 1 rings (SSSR count). The van der Waals surface area contributed by atoms with Crippen molar-refractivity contribution in [2.45, 2.75) is 33.3 Å². The molecule has 0 radical (unpaired) electrons. The largest absolute Gasteiger partial charge is 0.493 e. The van der Waals surface area contributed by atoms with Crippen LogP contribution in [0.5, 0.6) is 5.75 Å². The number of benzene rings is 1. The molecule has 16 heavy (non-hydrogen) atoms. The topological polar surface area (TPSA) is 55.5 Å². The molecule has 0 amide bonds. The van der Waals surface area contributed by atoms with Gasteiger partial charge in [0.1, 0.15) is 5.75 Å². The van der Waals surface area contributed by atoms with Crippen LogP contribution in [-0.2, 0) is 0 Å². The minimum absolute atomic E-state index is 0.287. The molecule has 1 aromatic carbocycles. The molecule has 0 aliphatic heterocycles. The van der Waals surface area contributed by atoms with Crippen LogP contribution in [0.25, 0.3) is 0 Å². The van der Waals surface area contributed by atoms with Gasteiger partial charge in [0.05, 0.1) is 12.7 Å². The van der Waals surface area contributed by atoms with E-state index in [-0.39, 0.29) is 6.54 Å². The molecule has 0 saturated carbocycles. The molecule has 3 N–H and O–H groups in total. The van der Waals surface area contributed by atoms with Gasteiger partial charge in [-0.25, -0.2) is 0 Å². The molecule has 3 heteroatoms. The van der Waals surface area contributed by atoms with E-state index in [1.165, 1.54) is 11.1 Å². The summed E-state index contributed by atoms with van der Waals surface area (Å²) in [5.74, 6) is 0.896. The maximum Gasteiger partial charge on any atom is 0.122 e. The van der Waals surface area contributed by atoms with Crippen LogP contribution in [0.15, 0.2) is 12.1 Å². The van der Waals surface area contributed by atoms with Crippen molar-refractivity contribution in [1.29, 1.82) is 0 Å². The first kappa shape index (κ1) is 13.0. The number of rotatable bonds is 5. The lowest BCUT2D eigenvalue weighted by Gasteiger charge is -2.13. The van der Waals surface area contributed by atoms with Crippen molar-refractivity contribution in [3.63, 3.8) is 0 Å². The van der Waals surface area contributed by atoms with E-state index in [0.717, 1.165) is 11.3 Å². The number of aliphatic hydroxyl groups is 1. The van der Waals surface area contributed by atoms with Gasteiger partial charge in [-0.1, -0.05) is 6.07 Å². The van der Waals surface area contributed by atoms with Gasteiger partial charge in [-0.3, -0.25) is 0 Å². The fourth-order valence-corrected chi connectivity index (χ4v) is 1.51. The van der Waals surface area contributed by atoms with E-state index in [2.05, 4.69) is 19.9 Å². The van der Waals surface area contributed by atoms with E-state index in [1.807, 2.05) is 13.0 Å². The molecule has 0 saturated heterocycles. The zero-order chi connectivity index (χ0) is 12.1. The monoisotopic (exact) mass is 223 g/mol. The lowest BCUT2D eigenvalue weighted by Crippen LogP contribution is -2.22. The first-order valence-corrected chi connectivity index (χ1v) is 5.63. The summed E-state index contributed by atoms with van der Waals surface area (Å²) < 4.78 is 5.63. The molecule has 0 heterocycles. The zero-order valence-electron chi connectivity index (χ0n) is 10.3. The number of aliphatic hydroxyl groups excluding tert-OH is 1. The van der Waals surface area contributed by atoms with E-state index in [1.54, 1.807) is 0 Å². The molecule has 0 aliphatic carbocycles. The van der Waals surface area contributed by atoms with Crippen LogP contribution in [0.1, 0.15) is 23.1 Å². The lowest BCUT2D eigenvalue weighted by molar-refractivity contribution is 0.146. The highest BCUT2D eigenvalue weighted by Gasteiger charge is 2.05. The second-order valence-electron chi connectivity index (χ2n) is 4.23. The molecule has 1 atom stereocenters. The van der Waals surface area contributed by atoms with Crippen LogP contribution < -0.4 is 10.5 Å². The highest BCUT2D eigenvalue weighted by molar-refractivity contribution is 5.40. The fourth-order valence-electron chi connectivity index (χ4n) is 1.51. The molecule has 0 aromatic heterocycles. The zero-order valence-corrected chi connectivity index (χ0v) is 10.3. The Morgan fingerprint density at radius 2 is 1.81 bits per heavy atom. The van der Waals surface area contributed by atoms with Gasteiger partial charge in [-0.05, 0) is 43.5 Å². The molecule has 0 bridgehead atoms. The Bertz CT molecular complexity index is 350. The van der Waals surface area contributed by atoms with Crippen molar-refractivity contribution in [1.82, 2.24) is 0 Å². The number of aryl methyl sites for hydroxylation is 3. The Morgan fingerprint density at radius 1 is 1.19 bits per heavy atom. The summed E-state index contributed by atoms with van der Waals surface area (Å²) in [5, 5.41) is 9.30. The molecular weight excluding hydrogens is 202 g/mol. The summed E-state index contributed by atoms with van der Waals surface area (Å²) in [6.45, 7) is 6.97. The normalized spacial score (nSPS) is 12.6. The van der Waals surface area contributed by atoms with Gasteiger partial charge < -0.3 is 15.6 Å². The van der Waals surface area contributed by atoms with Crippen LogP contribution in [0.2, 0.25) is 0 Å². The third-order valence-electron chi connectivity index (χ3n) is 2.77. The smallest absolute Gasteiger partial charge is 0.122 e. The average Bonchev–Trinajstić information content (AvgIpc) is 2.25. The molecule has 3 nitrogen and oxygen atoms in total. The van der Waals surface area contributed by atoms with Crippen molar-refractivity contribution < 1.29 is 9.84 Å². The molecular formula is C13H21NO2. The van der Waals surface area contributed by atoms with Crippen molar-refractivity contribution >= 4 is 0 Å². The highest BCUT2D eigenvalue weighted by atomic mass is 16.5. The Kier molecular flexibility index (Phi) is 4.77. The second-order valence-corrected chi connectivity index (χ2v) is 4.23. The van der Waals surface area contributed by atoms with Gasteiger partial charge >= 0.3 is 0 Å². The van der Waals surface area contributed by atoms with Crippen LogP contribution in [-0.4, -0.2) is 24.4 Å². The first-order chi connectivity index (χ1) is 7.54. The van der Waals surface area contributed by atoms with Crippen LogP contribution in [0.4, 0.5) is 0 Å². The standard InChI is InChI=1S/C13H21NO2/c1-9-6-11(3)13(7-10(9)2)16-5-4-12(15)8-14/h6-7,12,15H,4-5,8,14H2,1-3H3. The minimum atomic E-state index is -0.466. The summed E-state index contributed by atoms with van der Waals surface area (Å²) in [6.07, 6.45) is 0.106. The third-order valence-corrected chi connectivity index (χ3v) is 2.77. The number of ether oxygens (including phenoxy) is 1. The molecule has 90 valence electrons. The van der Waals surface area contributed by atoms with Gasteiger partial charge in [0.15, 0.2) is 0 Å². The third kappa shape index (κ3) is 3.51. The minimum Gasteiger partial charge on any atom is -0.493 e. The maximum absolute atomic E-state index is 9.30. The first-order valence-electron chi connectivity index (χ1n) is 5.63. The van der Waals surface area contributed by atoms with Crippen molar-refractivity contribution in [3.05, 3.63) is 28.8 Å². The molecule has 0 aliphatic rings. The van der Waals surface area contributed by atoms with E-state index in [4.69, 9.17) is 10.5 Å². The summed E-state index contributed by atoms with van der Waals surface area (Å²) in [7, 11) is 0. The fraction of sp³-hybridized carbons (Fsp3) is 0.538. The summed E-state index contributed by atoms with van der Waals surface area (Å²) >= 11 is 0. The van der Waals surface area contributed by atoms with Gasteiger partial charge in [-0.15, -0.1) is 0 Å². The van der Waals surface area contributed by atoms with Crippen LogP contribution >= 0.6 is 0 Å². The predicted octanol–water partition coefficient (Wildman–Crippen LogP) is 1.70. The number of hydrogen-bond acceptors (Lipinski definition) is 3. The second kappa shape index (κ2) is 5.87. The number of hydrogen-bond donors (Lipinski definition) is 2. The summed E-state index contributed by atoms with van der Waals surface area (Å²) in [5.41, 5.74) is 8.94. The quantitative estimate of drug-likeness (QED) is 0.799. The van der Waals surface area contributed by atoms with Gasteiger partial charge in [0.2, 0.25) is 0 Å². The SMILES string of the molecule is Cc1cc(C)c(OCCC(O)CN)cc1C. The predicted molar refractivity (Wildman–Crippen MR) is 65.8 cm³/mol. The Morgan fingerprint density at radius 3 is 2.44 bits per heavy atom. The van der Waals surface area contributed by atoms with Crippen LogP contribution in [0, 0.1) is 20.8 Å². The maximum atomic E-state index is 9.30. The summed E-state index contributed by atoms with van der Waals surface area (Å²) in [6, 6.07) is 4.16. The molecule has 1 unspecified atom stereocenters. The Balaban J connectivity index is 2.57. The van der Waals surface area contributed by atoms with Crippen molar-refractivity contribution in [2.24, 2.45) is 5.73 Å². The van der Waals surface area contributed by atoms with E-state index in [9.17, 15) is 5.11 Å². The van der Waals surface area contributed by atoms with Crippen LogP contribution in [0.3, 0.4) is 0 Å². The highest BCUT2D eigenvalue weighted by Crippen LogP contribution is 2.22. The van der Waals surface area contributed by atoms with E-state index >= 15 is 0 Å².